The van der Waals surface area contributed by atoms with E-state index in [1.54, 1.807) is 18.2 Å². The monoisotopic (exact) mass is 251 g/mol. The van der Waals surface area contributed by atoms with E-state index in [-0.39, 0.29) is 17.0 Å². The van der Waals surface area contributed by atoms with Gasteiger partial charge in [-0.25, -0.2) is 12.7 Å². The summed E-state index contributed by atoms with van der Waals surface area (Å²) in [6.07, 6.45) is 1.72. The Kier molecular flexibility index (Phi) is 2.79. The van der Waals surface area contributed by atoms with Crippen LogP contribution in [0.4, 0.5) is 0 Å². The van der Waals surface area contributed by atoms with Gasteiger partial charge in [0.1, 0.15) is 4.90 Å². The molecule has 0 N–H and O–H groups in total. The average Bonchev–Trinajstić information content (AvgIpc) is 2.46. The maximum Gasteiger partial charge on any atom is 0.269 e. The molecule has 17 heavy (non-hydrogen) atoms. The Hall–Kier alpha value is -1.62. The second-order valence-corrected chi connectivity index (χ2v) is 5.95. The van der Waals surface area contributed by atoms with Gasteiger partial charge in [-0.3, -0.25) is 4.79 Å². The largest absolute Gasteiger partial charge is 0.269 e. The highest BCUT2D eigenvalue weighted by molar-refractivity contribution is 7.90. The summed E-state index contributed by atoms with van der Waals surface area (Å²) >= 11 is 0. The van der Waals surface area contributed by atoms with E-state index in [1.807, 2.05) is 13.8 Å². The Balaban J connectivity index is 2.48. The Morgan fingerprint density at radius 2 is 1.94 bits per heavy atom. The van der Waals surface area contributed by atoms with Gasteiger partial charge >= 0.3 is 0 Å². The number of carbonyl (C=O) groups is 1. The molecule has 0 aliphatic carbocycles. The smallest absolute Gasteiger partial charge is 0.268 e. The van der Waals surface area contributed by atoms with Crippen molar-refractivity contribution >= 4 is 15.9 Å². The summed E-state index contributed by atoms with van der Waals surface area (Å²) in [4.78, 5) is 12.0. The lowest BCUT2D eigenvalue weighted by molar-refractivity contribution is 0.0880. The summed E-state index contributed by atoms with van der Waals surface area (Å²) < 4.78 is 25.1. The fourth-order valence-electron chi connectivity index (χ4n) is 1.68. The molecule has 1 aliphatic heterocycles. The van der Waals surface area contributed by atoms with Crippen molar-refractivity contribution in [3.05, 3.63) is 41.5 Å². The van der Waals surface area contributed by atoms with Crippen LogP contribution in [0.3, 0.4) is 0 Å². The molecule has 1 aromatic carbocycles. The van der Waals surface area contributed by atoms with Crippen LogP contribution in [0.25, 0.3) is 0 Å². The van der Waals surface area contributed by atoms with Crippen LogP contribution in [0.2, 0.25) is 0 Å². The van der Waals surface area contributed by atoms with Crippen LogP contribution in [0, 0.1) is 0 Å². The van der Waals surface area contributed by atoms with E-state index < -0.39 is 15.9 Å². The van der Waals surface area contributed by atoms with E-state index in [2.05, 4.69) is 0 Å². The van der Waals surface area contributed by atoms with Gasteiger partial charge in [-0.2, -0.15) is 0 Å². The summed E-state index contributed by atoms with van der Waals surface area (Å²) in [6, 6.07) is 6.29. The zero-order chi connectivity index (χ0) is 12.6. The van der Waals surface area contributed by atoms with E-state index >= 15 is 0 Å². The fraction of sp³-hybridized carbons (Fsp3) is 0.250. The van der Waals surface area contributed by atoms with Gasteiger partial charge in [0.15, 0.2) is 0 Å². The maximum atomic E-state index is 12.1. The third kappa shape index (κ3) is 1.86. The first-order valence-electron chi connectivity index (χ1n) is 5.24. The van der Waals surface area contributed by atoms with Gasteiger partial charge < -0.3 is 0 Å². The molecule has 0 saturated heterocycles. The van der Waals surface area contributed by atoms with Gasteiger partial charge in [-0.15, -0.1) is 0 Å². The molecule has 0 bridgehead atoms. The molecule has 1 amide bonds. The highest BCUT2D eigenvalue weighted by Gasteiger charge is 2.39. The summed E-state index contributed by atoms with van der Waals surface area (Å²) in [7, 11) is -3.65. The van der Waals surface area contributed by atoms with Gasteiger partial charge in [-0.1, -0.05) is 23.8 Å². The molecule has 0 atom stereocenters. The summed E-state index contributed by atoms with van der Waals surface area (Å²) in [5.74, 6) is -0.446. The summed E-state index contributed by atoms with van der Waals surface area (Å²) in [6.45, 7) is 3.82. The number of carbonyl (C=O) groups excluding carboxylic acids is 1. The normalized spacial score (nSPS) is 16.8. The summed E-state index contributed by atoms with van der Waals surface area (Å²) in [5, 5.41) is 0. The highest BCUT2D eigenvalue weighted by atomic mass is 32.2. The van der Waals surface area contributed by atoms with Crippen LogP contribution in [-0.2, 0) is 10.0 Å². The fourth-order valence-corrected chi connectivity index (χ4v) is 3.19. The average molecular weight is 251 g/mol. The van der Waals surface area contributed by atoms with E-state index in [0.29, 0.717) is 0 Å². The first kappa shape index (κ1) is 11.9. The van der Waals surface area contributed by atoms with Crippen molar-refractivity contribution in [3.63, 3.8) is 0 Å². The number of hydrogen-bond donors (Lipinski definition) is 0. The van der Waals surface area contributed by atoms with E-state index in [4.69, 9.17) is 0 Å². The number of amides is 1. The third-order valence-electron chi connectivity index (χ3n) is 2.58. The standard InChI is InChI=1S/C12H13NO3S/c1-9(2)7-8-13-12(14)10-5-3-4-6-11(10)17(13,15)16/h3-7H,8H2,1-2H3. The SMILES string of the molecule is CC(C)=CCN1C(=O)c2ccccc2S1(=O)=O. The van der Waals surface area contributed by atoms with E-state index in [9.17, 15) is 13.2 Å². The maximum absolute atomic E-state index is 12.1. The lowest BCUT2D eigenvalue weighted by Gasteiger charge is -2.12. The first-order chi connectivity index (χ1) is 7.94. The molecule has 0 radical (unpaired) electrons. The number of nitrogens with zero attached hydrogens (tertiary/aromatic N) is 1. The van der Waals surface area contributed by atoms with Crippen molar-refractivity contribution in [2.45, 2.75) is 18.7 Å². The minimum atomic E-state index is -3.65. The Bertz CT molecular complexity index is 598. The molecule has 4 nitrogen and oxygen atoms in total. The topological polar surface area (TPSA) is 54.5 Å². The number of rotatable bonds is 2. The lowest BCUT2D eigenvalue weighted by Crippen LogP contribution is -2.30. The molecule has 0 aromatic heterocycles. The predicted octanol–water partition coefficient (Wildman–Crippen LogP) is 1.80. The van der Waals surface area contributed by atoms with Gasteiger partial charge in [0.05, 0.1) is 12.1 Å². The van der Waals surface area contributed by atoms with E-state index in [0.717, 1.165) is 9.88 Å². The van der Waals surface area contributed by atoms with Gasteiger partial charge in [0, 0.05) is 0 Å². The molecule has 1 heterocycles. The lowest BCUT2D eigenvalue weighted by atomic mass is 10.2. The second-order valence-electron chi connectivity index (χ2n) is 4.12. The van der Waals surface area contributed by atoms with Crippen LogP contribution in [0.15, 0.2) is 40.8 Å². The minimum Gasteiger partial charge on any atom is -0.268 e. The van der Waals surface area contributed by atoms with Gasteiger partial charge in [0.2, 0.25) is 0 Å². The van der Waals surface area contributed by atoms with Crippen molar-refractivity contribution in [3.8, 4) is 0 Å². The number of sulfonamides is 1. The molecule has 1 aliphatic rings. The van der Waals surface area contributed by atoms with Crippen LogP contribution < -0.4 is 0 Å². The molecular formula is C12H13NO3S. The predicted molar refractivity (Wildman–Crippen MR) is 64.1 cm³/mol. The first-order valence-corrected chi connectivity index (χ1v) is 6.68. The second kappa shape index (κ2) is 4.00. The van der Waals surface area contributed by atoms with Crippen molar-refractivity contribution in [2.24, 2.45) is 0 Å². The van der Waals surface area contributed by atoms with Crippen molar-refractivity contribution in [1.82, 2.24) is 4.31 Å². The molecule has 0 saturated carbocycles. The number of hydrogen-bond acceptors (Lipinski definition) is 3. The number of allylic oxidation sites excluding steroid dienone is 1. The van der Waals surface area contributed by atoms with Crippen molar-refractivity contribution < 1.29 is 13.2 Å². The number of benzene rings is 1. The van der Waals surface area contributed by atoms with Crippen LogP contribution in [0.1, 0.15) is 24.2 Å². The highest BCUT2D eigenvalue weighted by Crippen LogP contribution is 2.29. The quantitative estimate of drug-likeness (QED) is 0.753. The Labute approximate surface area is 101 Å². The number of fused-ring (bicyclic) bond motifs is 1. The van der Waals surface area contributed by atoms with Crippen LogP contribution >= 0.6 is 0 Å². The van der Waals surface area contributed by atoms with E-state index in [1.165, 1.54) is 12.1 Å². The van der Waals surface area contributed by atoms with Crippen LogP contribution in [-0.4, -0.2) is 25.2 Å². The molecule has 5 heteroatoms. The zero-order valence-electron chi connectivity index (χ0n) is 9.67. The third-order valence-corrected chi connectivity index (χ3v) is 4.38. The van der Waals surface area contributed by atoms with Gasteiger partial charge in [0.25, 0.3) is 15.9 Å². The molecule has 0 fully saturated rings. The van der Waals surface area contributed by atoms with Crippen LogP contribution in [0.5, 0.6) is 0 Å². The molecule has 0 unspecified atom stereocenters. The molecule has 0 spiro atoms. The summed E-state index contributed by atoms with van der Waals surface area (Å²) in [5.41, 5.74) is 1.23. The zero-order valence-corrected chi connectivity index (χ0v) is 10.5. The Morgan fingerprint density at radius 3 is 2.53 bits per heavy atom. The molecule has 1 aromatic rings. The van der Waals surface area contributed by atoms with Crippen molar-refractivity contribution in [1.29, 1.82) is 0 Å². The molecule has 2 rings (SSSR count). The Morgan fingerprint density at radius 1 is 1.29 bits per heavy atom. The molecule has 90 valence electrons. The van der Waals surface area contributed by atoms with Crippen molar-refractivity contribution in [2.75, 3.05) is 6.54 Å². The molecular weight excluding hydrogens is 238 g/mol. The van der Waals surface area contributed by atoms with Gasteiger partial charge in [-0.05, 0) is 26.0 Å². The minimum absolute atomic E-state index is 0.0954.